The van der Waals surface area contributed by atoms with Crippen LogP contribution in [-0.4, -0.2) is 61.9 Å². The smallest absolute Gasteiger partial charge is 0.260 e. The second-order valence-corrected chi connectivity index (χ2v) is 11.6. The monoisotopic (exact) mass is 497 g/mol. The molecule has 36 heavy (non-hydrogen) atoms. The molecule has 8 heteroatoms. The molecule has 1 N–H and O–H groups in total. The van der Waals surface area contributed by atoms with Crippen LogP contribution in [0.25, 0.3) is 0 Å². The number of carbonyl (C=O) groups is 2. The second-order valence-electron chi connectivity index (χ2n) is 11.6. The quantitative estimate of drug-likeness (QED) is 0.436. The summed E-state index contributed by atoms with van der Waals surface area (Å²) in [4.78, 5) is 27.1. The fourth-order valence-electron chi connectivity index (χ4n) is 7.56. The molecule has 1 aromatic carbocycles. The first kappa shape index (κ1) is 25.1. The van der Waals surface area contributed by atoms with Crippen LogP contribution in [0.2, 0.25) is 0 Å². The lowest BCUT2D eigenvalue weighted by molar-refractivity contribution is -0.145. The minimum atomic E-state index is -0.0774. The summed E-state index contributed by atoms with van der Waals surface area (Å²) in [5.41, 5.74) is 3.71. The summed E-state index contributed by atoms with van der Waals surface area (Å²) >= 11 is 0. The van der Waals surface area contributed by atoms with E-state index in [2.05, 4.69) is 10.5 Å². The number of hydrazone groups is 1. The Labute approximate surface area is 213 Å². The fourth-order valence-corrected chi connectivity index (χ4v) is 7.56. The molecule has 1 saturated heterocycles. The van der Waals surface area contributed by atoms with E-state index in [0.717, 1.165) is 23.3 Å². The molecule has 8 nitrogen and oxygen atoms in total. The molecular formula is C28H39N3O5. The highest BCUT2D eigenvalue weighted by Crippen LogP contribution is 2.61. The SMILES string of the molecule is COc1cc(/C=N/NC(=O)CC23CC4CC(CC(C4)C2)C3)ccc1OCC(=O)N1CC(C)OC(C)C1. The van der Waals surface area contributed by atoms with Gasteiger partial charge in [-0.2, -0.15) is 5.10 Å². The van der Waals surface area contributed by atoms with Gasteiger partial charge in [-0.15, -0.1) is 0 Å². The third-order valence-corrected chi connectivity index (χ3v) is 8.41. The van der Waals surface area contributed by atoms with E-state index < -0.39 is 0 Å². The van der Waals surface area contributed by atoms with Crippen molar-refractivity contribution in [2.75, 3.05) is 26.8 Å². The summed E-state index contributed by atoms with van der Waals surface area (Å²) in [6.07, 6.45) is 9.98. The van der Waals surface area contributed by atoms with E-state index >= 15 is 0 Å². The molecule has 0 radical (unpaired) electrons. The minimum absolute atomic E-state index is 0.00498. The number of morpholine rings is 1. The van der Waals surface area contributed by atoms with Crippen LogP contribution in [-0.2, 0) is 14.3 Å². The van der Waals surface area contributed by atoms with E-state index in [1.165, 1.54) is 38.5 Å². The van der Waals surface area contributed by atoms with Crippen molar-refractivity contribution in [2.45, 2.75) is 71.0 Å². The van der Waals surface area contributed by atoms with Gasteiger partial charge in [0, 0.05) is 19.5 Å². The van der Waals surface area contributed by atoms with E-state index in [0.29, 0.717) is 31.0 Å². The molecule has 196 valence electrons. The molecule has 2 atom stereocenters. The zero-order chi connectivity index (χ0) is 25.3. The summed E-state index contributed by atoms with van der Waals surface area (Å²) in [5.74, 6) is 3.42. The molecule has 0 aromatic heterocycles. The van der Waals surface area contributed by atoms with Gasteiger partial charge in [0.1, 0.15) is 0 Å². The van der Waals surface area contributed by atoms with E-state index in [4.69, 9.17) is 14.2 Å². The van der Waals surface area contributed by atoms with Gasteiger partial charge in [0.15, 0.2) is 18.1 Å². The Balaban J connectivity index is 1.12. The molecular weight excluding hydrogens is 458 g/mol. The van der Waals surface area contributed by atoms with Crippen molar-refractivity contribution < 1.29 is 23.8 Å². The number of hydrogen-bond donors (Lipinski definition) is 1. The molecule has 5 aliphatic rings. The lowest BCUT2D eigenvalue weighted by Gasteiger charge is -2.56. The van der Waals surface area contributed by atoms with Gasteiger partial charge in [0.2, 0.25) is 5.91 Å². The Morgan fingerprint density at radius 2 is 1.72 bits per heavy atom. The molecule has 6 rings (SSSR count). The van der Waals surface area contributed by atoms with Crippen LogP contribution in [0.4, 0.5) is 0 Å². The highest BCUT2D eigenvalue weighted by molar-refractivity contribution is 5.83. The summed E-state index contributed by atoms with van der Waals surface area (Å²) in [6, 6.07) is 5.37. The predicted octanol–water partition coefficient (Wildman–Crippen LogP) is 3.77. The number of nitrogens with zero attached hydrogens (tertiary/aromatic N) is 2. The Hall–Kier alpha value is -2.61. The average molecular weight is 498 g/mol. The molecule has 1 aromatic rings. The fraction of sp³-hybridized carbons (Fsp3) is 0.679. The number of ether oxygens (including phenoxy) is 3. The number of amides is 2. The Morgan fingerprint density at radius 3 is 2.33 bits per heavy atom. The summed E-state index contributed by atoms with van der Waals surface area (Å²) in [7, 11) is 1.56. The molecule has 2 unspecified atom stereocenters. The van der Waals surface area contributed by atoms with Gasteiger partial charge in [-0.05, 0) is 99.3 Å². The van der Waals surface area contributed by atoms with Crippen LogP contribution < -0.4 is 14.9 Å². The molecule has 0 spiro atoms. The first-order valence-electron chi connectivity index (χ1n) is 13.4. The maximum atomic E-state index is 12.7. The van der Waals surface area contributed by atoms with Crippen molar-refractivity contribution in [2.24, 2.45) is 28.3 Å². The van der Waals surface area contributed by atoms with Crippen molar-refractivity contribution in [3.05, 3.63) is 23.8 Å². The van der Waals surface area contributed by atoms with Gasteiger partial charge in [0.25, 0.3) is 5.91 Å². The number of hydrogen-bond acceptors (Lipinski definition) is 6. The molecule has 1 heterocycles. The number of benzene rings is 1. The molecule has 5 fully saturated rings. The molecule has 2 amide bonds. The standard InChI is InChI=1S/C28H39N3O5/c1-18-15-31(16-19(2)36-18)27(33)17-35-24-5-4-20(9-25(24)34-3)14-29-30-26(32)13-28-10-21-6-22(11-28)8-23(7-21)12-28/h4-5,9,14,18-19,21-23H,6-8,10-13,15-17H2,1-3H3,(H,30,32)/b29-14+. The van der Waals surface area contributed by atoms with Crippen LogP contribution >= 0.6 is 0 Å². The van der Waals surface area contributed by atoms with Gasteiger partial charge in [-0.3, -0.25) is 9.59 Å². The van der Waals surface area contributed by atoms with Crippen molar-refractivity contribution in [1.82, 2.24) is 10.3 Å². The van der Waals surface area contributed by atoms with Gasteiger partial charge in [0.05, 0.1) is 25.5 Å². The first-order chi connectivity index (χ1) is 17.3. The average Bonchev–Trinajstić information content (AvgIpc) is 2.81. The maximum absolute atomic E-state index is 12.7. The predicted molar refractivity (Wildman–Crippen MR) is 136 cm³/mol. The van der Waals surface area contributed by atoms with Crippen molar-refractivity contribution in [3.63, 3.8) is 0 Å². The van der Waals surface area contributed by atoms with Crippen molar-refractivity contribution in [3.8, 4) is 11.5 Å². The van der Waals surface area contributed by atoms with Crippen molar-refractivity contribution >= 4 is 18.0 Å². The Kier molecular flexibility index (Phi) is 7.24. The topological polar surface area (TPSA) is 89.5 Å². The van der Waals surface area contributed by atoms with Crippen LogP contribution in [0.15, 0.2) is 23.3 Å². The van der Waals surface area contributed by atoms with E-state index in [1.54, 1.807) is 30.4 Å². The van der Waals surface area contributed by atoms with E-state index in [1.807, 2.05) is 19.9 Å². The molecule has 4 aliphatic carbocycles. The third kappa shape index (κ3) is 5.69. The summed E-state index contributed by atoms with van der Waals surface area (Å²) < 4.78 is 16.9. The first-order valence-corrected chi connectivity index (χ1v) is 13.4. The lowest BCUT2D eigenvalue weighted by atomic mass is 9.49. The van der Waals surface area contributed by atoms with E-state index in [9.17, 15) is 9.59 Å². The Bertz CT molecular complexity index is 964. The number of nitrogens with one attached hydrogen (secondary N) is 1. The number of carbonyl (C=O) groups excluding carboxylic acids is 2. The maximum Gasteiger partial charge on any atom is 0.260 e. The van der Waals surface area contributed by atoms with Crippen molar-refractivity contribution in [1.29, 1.82) is 0 Å². The van der Waals surface area contributed by atoms with Gasteiger partial charge >= 0.3 is 0 Å². The largest absolute Gasteiger partial charge is 0.493 e. The number of rotatable bonds is 8. The number of methoxy groups -OCH3 is 1. The van der Waals surface area contributed by atoms with Gasteiger partial charge < -0.3 is 19.1 Å². The minimum Gasteiger partial charge on any atom is -0.493 e. The summed E-state index contributed by atoms with van der Waals surface area (Å²) in [5, 5.41) is 4.20. The summed E-state index contributed by atoms with van der Waals surface area (Å²) in [6.45, 7) is 4.99. The molecule has 4 saturated carbocycles. The Morgan fingerprint density at radius 1 is 1.08 bits per heavy atom. The van der Waals surface area contributed by atoms with Crippen LogP contribution in [0, 0.1) is 23.2 Å². The highest BCUT2D eigenvalue weighted by atomic mass is 16.5. The van der Waals surface area contributed by atoms with Gasteiger partial charge in [-0.1, -0.05) is 0 Å². The zero-order valence-electron chi connectivity index (χ0n) is 21.7. The second kappa shape index (κ2) is 10.4. The van der Waals surface area contributed by atoms with Crippen LogP contribution in [0.1, 0.15) is 64.4 Å². The molecule has 4 bridgehead atoms. The highest BCUT2D eigenvalue weighted by Gasteiger charge is 2.51. The molecule has 1 aliphatic heterocycles. The lowest BCUT2D eigenvalue weighted by Crippen LogP contribution is -2.49. The normalized spacial score (nSPS) is 33.1. The van der Waals surface area contributed by atoms with Crippen LogP contribution in [0.5, 0.6) is 11.5 Å². The zero-order valence-corrected chi connectivity index (χ0v) is 21.7. The van der Waals surface area contributed by atoms with Gasteiger partial charge in [-0.25, -0.2) is 5.43 Å². The third-order valence-electron chi connectivity index (χ3n) is 8.41. The van der Waals surface area contributed by atoms with E-state index in [-0.39, 0.29) is 36.0 Å². The van der Waals surface area contributed by atoms with Crippen LogP contribution in [0.3, 0.4) is 0 Å².